The van der Waals surface area contributed by atoms with E-state index in [1.807, 2.05) is 30.3 Å². The molecule has 3 fully saturated rings. The SMILES string of the molecule is O=C(OCc1ccccc1)N1CCC2(CCC2Nc2ncc(C(F)(F)F)c(-c3c[nH]c4nc(C5CNCCO5)ccc34)n2)C1. The number of carbonyl (C=O) groups excluding carboxylic acids is 1. The van der Waals surface area contributed by atoms with Crippen LogP contribution < -0.4 is 10.6 Å². The fraction of sp³-hybridized carbons (Fsp3) is 0.419. The zero-order chi connectivity index (χ0) is 30.3. The molecule has 1 spiro atoms. The third-order valence-electron chi connectivity index (χ3n) is 8.99. The highest BCUT2D eigenvalue weighted by molar-refractivity contribution is 5.93. The third-order valence-corrected chi connectivity index (χ3v) is 8.99. The van der Waals surface area contributed by atoms with Crippen molar-refractivity contribution >= 4 is 23.1 Å². The summed E-state index contributed by atoms with van der Waals surface area (Å²) in [5.41, 5.74) is 0.989. The Hall–Kier alpha value is -4.23. The average molecular weight is 608 g/mol. The van der Waals surface area contributed by atoms with E-state index < -0.39 is 11.7 Å². The van der Waals surface area contributed by atoms with Gasteiger partial charge < -0.3 is 30.0 Å². The van der Waals surface area contributed by atoms with E-state index >= 15 is 0 Å². The zero-order valence-electron chi connectivity index (χ0n) is 23.9. The van der Waals surface area contributed by atoms with E-state index in [1.165, 1.54) is 6.20 Å². The molecule has 1 aromatic carbocycles. The summed E-state index contributed by atoms with van der Waals surface area (Å²) in [5.74, 6) is 0.114. The van der Waals surface area contributed by atoms with Crippen molar-refractivity contribution in [3.63, 3.8) is 0 Å². The quantitative estimate of drug-likeness (QED) is 0.270. The van der Waals surface area contributed by atoms with Crippen molar-refractivity contribution in [1.82, 2.24) is 30.2 Å². The summed E-state index contributed by atoms with van der Waals surface area (Å²) in [6.45, 7) is 3.19. The molecule has 44 heavy (non-hydrogen) atoms. The van der Waals surface area contributed by atoms with E-state index in [1.54, 1.807) is 17.0 Å². The Kier molecular flexibility index (Phi) is 7.37. The van der Waals surface area contributed by atoms with Crippen molar-refractivity contribution in [3.05, 3.63) is 71.7 Å². The first-order valence-electron chi connectivity index (χ1n) is 14.8. The first kappa shape index (κ1) is 28.5. The number of ether oxygens (including phenoxy) is 2. The summed E-state index contributed by atoms with van der Waals surface area (Å²) in [7, 11) is 0. The van der Waals surface area contributed by atoms with E-state index in [4.69, 9.17) is 9.47 Å². The van der Waals surface area contributed by atoms with Crippen molar-refractivity contribution < 1.29 is 27.4 Å². The van der Waals surface area contributed by atoms with Crippen LogP contribution in [-0.2, 0) is 22.3 Å². The molecule has 2 aliphatic heterocycles. The molecule has 0 radical (unpaired) electrons. The number of rotatable bonds is 6. The molecular weight excluding hydrogens is 575 g/mol. The van der Waals surface area contributed by atoms with Crippen LogP contribution in [-0.4, -0.2) is 69.8 Å². The van der Waals surface area contributed by atoms with Crippen LogP contribution in [0, 0.1) is 5.41 Å². The smallest absolute Gasteiger partial charge is 0.419 e. The van der Waals surface area contributed by atoms with Gasteiger partial charge in [0.1, 0.15) is 23.9 Å². The lowest BCUT2D eigenvalue weighted by atomic mass is 9.64. The van der Waals surface area contributed by atoms with Crippen molar-refractivity contribution in [2.45, 2.75) is 44.2 Å². The minimum absolute atomic E-state index is 0.0877. The number of halogens is 3. The number of morpholine rings is 1. The van der Waals surface area contributed by atoms with Gasteiger partial charge in [-0.25, -0.2) is 19.7 Å². The molecule has 1 saturated carbocycles. The van der Waals surface area contributed by atoms with Gasteiger partial charge in [-0.3, -0.25) is 0 Å². The van der Waals surface area contributed by atoms with Crippen LogP contribution in [0.25, 0.3) is 22.3 Å². The van der Waals surface area contributed by atoms with Gasteiger partial charge in [-0.05, 0) is 37.0 Å². The maximum Gasteiger partial charge on any atom is 0.419 e. The number of nitrogens with one attached hydrogen (secondary N) is 3. The fourth-order valence-corrected chi connectivity index (χ4v) is 6.44. The highest BCUT2D eigenvalue weighted by Gasteiger charge is 2.52. The van der Waals surface area contributed by atoms with Gasteiger partial charge in [0.25, 0.3) is 0 Å². The Bertz CT molecular complexity index is 1660. The number of nitrogens with zero attached hydrogens (tertiary/aromatic N) is 4. The van der Waals surface area contributed by atoms with E-state index in [-0.39, 0.29) is 47.5 Å². The van der Waals surface area contributed by atoms with Gasteiger partial charge in [-0.1, -0.05) is 30.3 Å². The molecule has 1 aliphatic carbocycles. The molecule has 4 aromatic rings. The van der Waals surface area contributed by atoms with Crippen molar-refractivity contribution in [2.24, 2.45) is 5.41 Å². The Morgan fingerprint density at radius 2 is 2.02 bits per heavy atom. The number of aromatic amines is 1. The molecule has 7 rings (SSSR count). The number of H-pyrrole nitrogens is 1. The molecule has 3 aromatic heterocycles. The van der Waals surface area contributed by atoms with Crippen LogP contribution in [0.5, 0.6) is 0 Å². The largest absolute Gasteiger partial charge is 0.445 e. The number of carbonyl (C=O) groups is 1. The molecule has 2 saturated heterocycles. The highest BCUT2D eigenvalue weighted by Crippen LogP contribution is 2.49. The summed E-state index contributed by atoms with van der Waals surface area (Å²) in [4.78, 5) is 30.6. The molecule has 0 bridgehead atoms. The van der Waals surface area contributed by atoms with Crippen molar-refractivity contribution in [3.8, 4) is 11.3 Å². The number of hydrogen-bond donors (Lipinski definition) is 3. The van der Waals surface area contributed by atoms with Gasteiger partial charge >= 0.3 is 12.3 Å². The number of hydrogen-bond acceptors (Lipinski definition) is 8. The molecular formula is C31H32F3N7O3. The maximum atomic E-state index is 14.2. The lowest BCUT2D eigenvalue weighted by Crippen LogP contribution is -2.51. The minimum atomic E-state index is -4.66. The first-order chi connectivity index (χ1) is 21.3. The van der Waals surface area contributed by atoms with Crippen LogP contribution in [0.3, 0.4) is 0 Å². The lowest BCUT2D eigenvalue weighted by Gasteiger charge is -2.47. The zero-order valence-corrected chi connectivity index (χ0v) is 23.9. The number of fused-ring (bicyclic) bond motifs is 1. The van der Waals surface area contributed by atoms with Gasteiger partial charge in [0.15, 0.2) is 0 Å². The minimum Gasteiger partial charge on any atom is -0.445 e. The summed E-state index contributed by atoms with van der Waals surface area (Å²) in [6.07, 6.45) is -0.476. The van der Waals surface area contributed by atoms with Crippen molar-refractivity contribution in [2.75, 3.05) is 38.1 Å². The maximum absolute atomic E-state index is 14.2. The predicted molar refractivity (Wildman–Crippen MR) is 156 cm³/mol. The number of likely N-dealkylation sites (tertiary alicyclic amines) is 1. The first-order valence-corrected chi connectivity index (χ1v) is 14.8. The van der Waals surface area contributed by atoms with Crippen LogP contribution in [0.1, 0.15) is 42.2 Å². The molecule has 1 amide bonds. The van der Waals surface area contributed by atoms with Crippen LogP contribution >= 0.6 is 0 Å². The number of anilines is 1. The second-order valence-electron chi connectivity index (χ2n) is 11.7. The van der Waals surface area contributed by atoms with Crippen LogP contribution in [0.4, 0.5) is 23.9 Å². The number of amides is 1. The average Bonchev–Trinajstić information content (AvgIpc) is 3.69. The monoisotopic (exact) mass is 607 g/mol. The van der Waals surface area contributed by atoms with Crippen LogP contribution in [0.2, 0.25) is 0 Å². The number of aromatic nitrogens is 4. The van der Waals surface area contributed by atoms with Crippen LogP contribution in [0.15, 0.2) is 54.9 Å². The summed E-state index contributed by atoms with van der Waals surface area (Å²) in [5, 5.41) is 7.07. The predicted octanol–water partition coefficient (Wildman–Crippen LogP) is 5.30. The van der Waals surface area contributed by atoms with E-state index in [9.17, 15) is 18.0 Å². The molecule has 3 aliphatic rings. The standard InChI is InChI=1S/C31H32F3N7O3/c32-31(33,34)22-15-37-28(40-26(22)21-14-36-27-20(21)6-7-23(38-27)24-16-35-11-13-43-24)39-25-8-9-30(25)10-12-41(18-30)29(42)44-17-19-4-2-1-3-5-19/h1-7,14-15,24-25,35H,8-13,16-18H2,(H,36,38)(H,37,39,40). The van der Waals surface area contributed by atoms with Gasteiger partial charge in [-0.15, -0.1) is 0 Å². The summed E-state index contributed by atoms with van der Waals surface area (Å²) < 4.78 is 53.8. The molecule has 3 unspecified atom stereocenters. The van der Waals surface area contributed by atoms with Gasteiger partial charge in [0, 0.05) is 61.0 Å². The highest BCUT2D eigenvalue weighted by atomic mass is 19.4. The summed E-state index contributed by atoms with van der Waals surface area (Å²) >= 11 is 0. The Balaban J connectivity index is 1.09. The summed E-state index contributed by atoms with van der Waals surface area (Å²) in [6, 6.07) is 12.9. The Labute approximate surface area is 251 Å². The topological polar surface area (TPSA) is 117 Å². The molecule has 230 valence electrons. The molecule has 3 N–H and O–H groups in total. The fourth-order valence-electron chi connectivity index (χ4n) is 6.44. The van der Waals surface area contributed by atoms with E-state index in [0.29, 0.717) is 43.0 Å². The number of benzene rings is 1. The number of alkyl halides is 3. The molecule has 3 atom stereocenters. The second-order valence-corrected chi connectivity index (χ2v) is 11.7. The second kappa shape index (κ2) is 11.4. The van der Waals surface area contributed by atoms with E-state index in [2.05, 4.69) is 30.6 Å². The lowest BCUT2D eigenvalue weighted by molar-refractivity contribution is -0.137. The number of pyridine rings is 1. The Morgan fingerprint density at radius 1 is 1.16 bits per heavy atom. The normalized spacial score (nSPS) is 23.6. The van der Waals surface area contributed by atoms with Gasteiger partial charge in [0.2, 0.25) is 5.95 Å². The molecule has 13 heteroatoms. The molecule has 10 nitrogen and oxygen atoms in total. The van der Waals surface area contributed by atoms with E-state index in [0.717, 1.165) is 37.6 Å². The Morgan fingerprint density at radius 3 is 2.77 bits per heavy atom. The molecule has 5 heterocycles. The van der Waals surface area contributed by atoms with Gasteiger partial charge in [0.05, 0.1) is 18.0 Å². The third kappa shape index (κ3) is 5.45. The van der Waals surface area contributed by atoms with Gasteiger partial charge in [-0.2, -0.15) is 13.2 Å². The van der Waals surface area contributed by atoms with Crippen molar-refractivity contribution in [1.29, 1.82) is 0 Å².